The van der Waals surface area contributed by atoms with E-state index >= 15 is 0 Å². The second-order valence-corrected chi connectivity index (χ2v) is 5.04. The minimum absolute atomic E-state index is 0.233. The summed E-state index contributed by atoms with van der Waals surface area (Å²) >= 11 is 0.979. The Bertz CT molecular complexity index is 522. The second kappa shape index (κ2) is 6.08. The average Bonchev–Trinajstić information content (AvgIpc) is 2.94. The van der Waals surface area contributed by atoms with Crippen LogP contribution in [0.5, 0.6) is 0 Å². The summed E-state index contributed by atoms with van der Waals surface area (Å²) in [5.74, 6) is -0.240. The van der Waals surface area contributed by atoms with Crippen LogP contribution in [-0.4, -0.2) is 40.9 Å². The van der Waals surface area contributed by atoms with Crippen LogP contribution in [0.3, 0.4) is 0 Å². The standard InChI is InChI=1S/C13H16N2O3S/c1-3-14-6-4-5-10(14)9-11-12(16)15(7-8-18-2)13(17)19-11/h4-6,9H,3,7-8H2,1-2H3/b11-9+. The number of ether oxygens (including phenoxy) is 1. The van der Waals surface area contributed by atoms with Crippen molar-refractivity contribution in [2.75, 3.05) is 20.3 Å². The van der Waals surface area contributed by atoms with Crippen molar-refractivity contribution >= 4 is 29.0 Å². The van der Waals surface area contributed by atoms with E-state index in [0.29, 0.717) is 18.1 Å². The lowest BCUT2D eigenvalue weighted by molar-refractivity contribution is -0.123. The van der Waals surface area contributed by atoms with E-state index in [1.54, 1.807) is 13.2 Å². The normalized spacial score (nSPS) is 17.8. The van der Waals surface area contributed by atoms with Gasteiger partial charge in [-0.2, -0.15) is 0 Å². The molecular weight excluding hydrogens is 264 g/mol. The molecular formula is C13H16N2O3S. The van der Waals surface area contributed by atoms with Crippen molar-refractivity contribution in [2.24, 2.45) is 0 Å². The van der Waals surface area contributed by atoms with Crippen LogP contribution in [0.4, 0.5) is 4.79 Å². The zero-order valence-corrected chi connectivity index (χ0v) is 11.8. The first kappa shape index (κ1) is 13.9. The predicted octanol–water partition coefficient (Wildman–Crippen LogP) is 2.19. The molecule has 2 rings (SSSR count). The van der Waals surface area contributed by atoms with Gasteiger partial charge >= 0.3 is 0 Å². The number of carbonyl (C=O) groups excluding carboxylic acids is 2. The van der Waals surface area contributed by atoms with E-state index in [1.165, 1.54) is 4.90 Å². The number of imide groups is 1. The fraction of sp³-hybridized carbons (Fsp3) is 0.385. The van der Waals surface area contributed by atoms with E-state index in [-0.39, 0.29) is 11.1 Å². The average molecular weight is 280 g/mol. The summed E-state index contributed by atoms with van der Waals surface area (Å²) in [7, 11) is 1.54. The molecule has 1 aromatic heterocycles. The highest BCUT2D eigenvalue weighted by atomic mass is 32.2. The maximum atomic E-state index is 12.1. The van der Waals surface area contributed by atoms with Crippen LogP contribution < -0.4 is 0 Å². The zero-order valence-electron chi connectivity index (χ0n) is 11.0. The van der Waals surface area contributed by atoms with Crippen LogP contribution in [0, 0.1) is 0 Å². The Morgan fingerprint density at radius 2 is 2.21 bits per heavy atom. The SMILES string of the molecule is CCn1cccc1/C=C1/SC(=O)N(CCOC)C1=O. The van der Waals surface area contributed by atoms with E-state index < -0.39 is 0 Å². The van der Waals surface area contributed by atoms with E-state index in [0.717, 1.165) is 24.0 Å². The molecule has 0 radical (unpaired) electrons. The summed E-state index contributed by atoms with van der Waals surface area (Å²) in [4.78, 5) is 25.5. The van der Waals surface area contributed by atoms with Crippen LogP contribution in [0.1, 0.15) is 12.6 Å². The number of aryl methyl sites for hydroxylation is 1. The lowest BCUT2D eigenvalue weighted by atomic mass is 10.3. The van der Waals surface area contributed by atoms with E-state index in [2.05, 4.69) is 0 Å². The van der Waals surface area contributed by atoms with Crippen molar-refractivity contribution in [3.8, 4) is 0 Å². The molecule has 1 aromatic rings. The Labute approximate surface area is 116 Å². The molecule has 19 heavy (non-hydrogen) atoms. The Kier molecular flexibility index (Phi) is 4.44. The van der Waals surface area contributed by atoms with Gasteiger partial charge in [0.2, 0.25) is 0 Å². The molecule has 1 fully saturated rings. The molecule has 1 aliphatic rings. The molecule has 0 aromatic carbocycles. The summed E-state index contributed by atoms with van der Waals surface area (Å²) < 4.78 is 6.92. The summed E-state index contributed by atoms with van der Waals surface area (Å²) in [6, 6.07) is 3.84. The van der Waals surface area contributed by atoms with Crippen molar-refractivity contribution in [3.05, 3.63) is 28.9 Å². The molecule has 102 valence electrons. The van der Waals surface area contributed by atoms with Crippen molar-refractivity contribution in [1.29, 1.82) is 0 Å². The highest BCUT2D eigenvalue weighted by molar-refractivity contribution is 8.18. The van der Waals surface area contributed by atoms with Gasteiger partial charge in [-0.15, -0.1) is 0 Å². The van der Waals surface area contributed by atoms with E-state index in [4.69, 9.17) is 4.74 Å². The first-order valence-corrected chi connectivity index (χ1v) is 6.88. The van der Waals surface area contributed by atoms with Crippen LogP contribution in [-0.2, 0) is 16.1 Å². The first-order valence-electron chi connectivity index (χ1n) is 6.06. The molecule has 0 spiro atoms. The monoisotopic (exact) mass is 280 g/mol. The van der Waals surface area contributed by atoms with Crippen molar-refractivity contribution in [1.82, 2.24) is 9.47 Å². The molecule has 0 bridgehead atoms. The molecule has 2 amide bonds. The zero-order chi connectivity index (χ0) is 13.8. The fourth-order valence-electron chi connectivity index (χ4n) is 1.86. The fourth-order valence-corrected chi connectivity index (χ4v) is 2.71. The molecule has 6 heteroatoms. The second-order valence-electron chi connectivity index (χ2n) is 4.05. The number of nitrogens with zero attached hydrogens (tertiary/aromatic N) is 2. The predicted molar refractivity (Wildman–Crippen MR) is 74.7 cm³/mol. The van der Waals surface area contributed by atoms with Gasteiger partial charge in [-0.05, 0) is 36.9 Å². The van der Waals surface area contributed by atoms with Gasteiger partial charge in [0.1, 0.15) is 0 Å². The Balaban J connectivity index is 2.18. The summed E-state index contributed by atoms with van der Waals surface area (Å²) in [5.41, 5.74) is 0.930. The summed E-state index contributed by atoms with van der Waals surface area (Å²) in [6.45, 7) is 3.51. The number of hydrogen-bond acceptors (Lipinski definition) is 4. The van der Waals surface area contributed by atoms with Gasteiger partial charge in [0, 0.05) is 25.5 Å². The van der Waals surface area contributed by atoms with Crippen LogP contribution in [0.2, 0.25) is 0 Å². The molecule has 0 aliphatic carbocycles. The molecule has 0 saturated carbocycles. The van der Waals surface area contributed by atoms with Crippen molar-refractivity contribution in [3.63, 3.8) is 0 Å². The van der Waals surface area contributed by atoms with Gasteiger partial charge in [0.05, 0.1) is 18.1 Å². The number of carbonyl (C=O) groups is 2. The summed E-state index contributed by atoms with van der Waals surface area (Å²) in [5, 5.41) is -0.233. The van der Waals surface area contributed by atoms with Gasteiger partial charge in [-0.3, -0.25) is 14.5 Å². The number of aromatic nitrogens is 1. The van der Waals surface area contributed by atoms with Gasteiger partial charge in [-0.1, -0.05) is 0 Å². The van der Waals surface area contributed by atoms with Gasteiger partial charge in [-0.25, -0.2) is 0 Å². The third kappa shape index (κ3) is 2.90. The number of hydrogen-bond donors (Lipinski definition) is 0. The van der Waals surface area contributed by atoms with E-state index in [1.807, 2.05) is 29.8 Å². The van der Waals surface area contributed by atoms with Crippen LogP contribution in [0.25, 0.3) is 6.08 Å². The molecule has 0 atom stereocenters. The number of rotatable bonds is 5. The lowest BCUT2D eigenvalue weighted by Gasteiger charge is -2.10. The maximum absolute atomic E-state index is 12.1. The van der Waals surface area contributed by atoms with Gasteiger partial charge in [0.25, 0.3) is 11.1 Å². The van der Waals surface area contributed by atoms with Crippen LogP contribution in [0.15, 0.2) is 23.2 Å². The topological polar surface area (TPSA) is 51.5 Å². The van der Waals surface area contributed by atoms with Gasteiger partial charge < -0.3 is 9.30 Å². The summed E-state index contributed by atoms with van der Waals surface area (Å²) in [6.07, 6.45) is 3.71. The number of methoxy groups -OCH3 is 1. The third-order valence-electron chi connectivity index (χ3n) is 2.88. The minimum atomic E-state index is -0.240. The molecule has 1 aliphatic heterocycles. The van der Waals surface area contributed by atoms with Gasteiger partial charge in [0.15, 0.2) is 0 Å². The molecule has 0 unspecified atom stereocenters. The molecule has 1 saturated heterocycles. The smallest absolute Gasteiger partial charge is 0.293 e. The maximum Gasteiger partial charge on any atom is 0.293 e. The largest absolute Gasteiger partial charge is 0.383 e. The van der Waals surface area contributed by atoms with Crippen molar-refractivity contribution < 1.29 is 14.3 Å². The first-order chi connectivity index (χ1) is 9.17. The lowest BCUT2D eigenvalue weighted by Crippen LogP contribution is -2.31. The number of thioether (sulfide) groups is 1. The number of amides is 2. The Morgan fingerprint density at radius 3 is 2.89 bits per heavy atom. The Hall–Kier alpha value is -1.53. The molecule has 0 N–H and O–H groups in total. The highest BCUT2D eigenvalue weighted by Gasteiger charge is 2.34. The minimum Gasteiger partial charge on any atom is -0.383 e. The molecule has 2 heterocycles. The van der Waals surface area contributed by atoms with Crippen molar-refractivity contribution in [2.45, 2.75) is 13.5 Å². The van der Waals surface area contributed by atoms with Crippen LogP contribution >= 0.6 is 11.8 Å². The highest BCUT2D eigenvalue weighted by Crippen LogP contribution is 2.31. The third-order valence-corrected chi connectivity index (χ3v) is 3.78. The molecule has 5 nitrogen and oxygen atoms in total. The Morgan fingerprint density at radius 1 is 1.42 bits per heavy atom. The quantitative estimate of drug-likeness (QED) is 0.776. The van der Waals surface area contributed by atoms with E-state index in [9.17, 15) is 9.59 Å².